The molecule has 3 rings (SSSR count). The minimum Gasteiger partial charge on any atom is -0.494 e. The second-order valence-electron chi connectivity index (χ2n) is 6.67. The Kier molecular flexibility index (Phi) is 6.87. The fourth-order valence-corrected chi connectivity index (χ4v) is 4.00. The van der Waals surface area contributed by atoms with Gasteiger partial charge in [-0.1, -0.05) is 42.3 Å². The average Bonchev–Trinajstić information content (AvgIpc) is 2.73. The lowest BCUT2D eigenvalue weighted by molar-refractivity contribution is -0.131. The number of hydrogen-bond acceptors (Lipinski definition) is 4. The first-order valence-electron chi connectivity index (χ1n) is 9.40. The summed E-state index contributed by atoms with van der Waals surface area (Å²) in [6.07, 6.45) is 0.514. The van der Waals surface area contributed by atoms with Crippen LogP contribution in [0.3, 0.4) is 0 Å². The molecule has 2 aromatic carbocycles. The number of methoxy groups -OCH3 is 1. The Hall–Kier alpha value is -2.44. The minimum absolute atomic E-state index is 0.166. The summed E-state index contributed by atoms with van der Waals surface area (Å²) in [5.74, 6) is 0.188. The van der Waals surface area contributed by atoms with E-state index >= 15 is 0 Å². The third kappa shape index (κ3) is 4.77. The van der Waals surface area contributed by atoms with Gasteiger partial charge in [-0.3, -0.25) is 9.59 Å². The molecule has 1 saturated heterocycles. The van der Waals surface area contributed by atoms with E-state index in [1.54, 1.807) is 0 Å². The van der Waals surface area contributed by atoms with Gasteiger partial charge in [-0.25, -0.2) is 0 Å². The fourth-order valence-electron chi connectivity index (χ4n) is 3.36. The van der Waals surface area contributed by atoms with Gasteiger partial charge < -0.3 is 19.9 Å². The van der Waals surface area contributed by atoms with Gasteiger partial charge in [-0.15, -0.1) is 0 Å². The summed E-state index contributed by atoms with van der Waals surface area (Å²) in [6.45, 7) is 4.62. The SMILES string of the molecule is CCC(=O)N1CCN(c2ccccc2NC(=O)c2cc(Cl)c(OC)c(Cl)c2)CC1. The Morgan fingerprint density at radius 2 is 1.69 bits per heavy atom. The molecule has 0 bridgehead atoms. The first-order chi connectivity index (χ1) is 13.9. The number of carbonyl (C=O) groups excluding carboxylic acids is 2. The van der Waals surface area contributed by atoms with Gasteiger partial charge in [0.1, 0.15) is 0 Å². The van der Waals surface area contributed by atoms with Gasteiger partial charge in [0.05, 0.1) is 28.5 Å². The number of carbonyl (C=O) groups is 2. The molecule has 0 radical (unpaired) electrons. The van der Waals surface area contributed by atoms with Crippen LogP contribution in [0.2, 0.25) is 10.0 Å². The van der Waals surface area contributed by atoms with Crippen LogP contribution in [0.4, 0.5) is 11.4 Å². The van der Waals surface area contributed by atoms with Crippen molar-refractivity contribution in [2.75, 3.05) is 43.5 Å². The Morgan fingerprint density at radius 3 is 2.28 bits per heavy atom. The number of para-hydroxylation sites is 2. The smallest absolute Gasteiger partial charge is 0.255 e. The van der Waals surface area contributed by atoms with Crippen molar-refractivity contribution in [1.29, 1.82) is 0 Å². The molecule has 1 aliphatic rings. The number of piperazine rings is 1. The average molecular weight is 436 g/mol. The van der Waals surface area contributed by atoms with Crippen molar-refractivity contribution in [3.05, 3.63) is 52.0 Å². The number of anilines is 2. The Labute approximate surface area is 180 Å². The van der Waals surface area contributed by atoms with E-state index in [1.165, 1.54) is 19.2 Å². The van der Waals surface area contributed by atoms with E-state index in [0.717, 1.165) is 5.69 Å². The molecule has 2 aromatic rings. The molecule has 0 atom stereocenters. The lowest BCUT2D eigenvalue weighted by Crippen LogP contribution is -2.48. The molecule has 6 nitrogen and oxygen atoms in total. The molecule has 8 heteroatoms. The Morgan fingerprint density at radius 1 is 1.07 bits per heavy atom. The third-order valence-corrected chi connectivity index (χ3v) is 5.45. The highest BCUT2D eigenvalue weighted by Gasteiger charge is 2.22. The zero-order valence-corrected chi connectivity index (χ0v) is 17.9. The van der Waals surface area contributed by atoms with Crippen LogP contribution in [-0.2, 0) is 4.79 Å². The maximum absolute atomic E-state index is 12.8. The maximum atomic E-state index is 12.8. The van der Waals surface area contributed by atoms with Gasteiger partial charge >= 0.3 is 0 Å². The summed E-state index contributed by atoms with van der Waals surface area (Å²) in [7, 11) is 1.47. The molecule has 1 fully saturated rings. The van der Waals surface area contributed by atoms with Crippen LogP contribution in [-0.4, -0.2) is 50.0 Å². The van der Waals surface area contributed by atoms with E-state index in [-0.39, 0.29) is 21.9 Å². The van der Waals surface area contributed by atoms with E-state index in [9.17, 15) is 9.59 Å². The van der Waals surface area contributed by atoms with Crippen molar-refractivity contribution in [2.24, 2.45) is 0 Å². The zero-order chi connectivity index (χ0) is 21.0. The Bertz CT molecular complexity index is 889. The highest BCUT2D eigenvalue weighted by Crippen LogP contribution is 2.34. The molecule has 1 N–H and O–H groups in total. The van der Waals surface area contributed by atoms with Crippen molar-refractivity contribution in [3.63, 3.8) is 0 Å². The van der Waals surface area contributed by atoms with E-state index in [0.29, 0.717) is 49.6 Å². The molecule has 2 amide bonds. The van der Waals surface area contributed by atoms with Crippen LogP contribution >= 0.6 is 23.2 Å². The largest absolute Gasteiger partial charge is 0.494 e. The van der Waals surface area contributed by atoms with Gasteiger partial charge in [0, 0.05) is 38.2 Å². The summed E-state index contributed by atoms with van der Waals surface area (Å²) in [5.41, 5.74) is 1.94. The third-order valence-electron chi connectivity index (χ3n) is 4.89. The van der Waals surface area contributed by atoms with Crippen LogP contribution in [0.25, 0.3) is 0 Å². The monoisotopic (exact) mass is 435 g/mol. The van der Waals surface area contributed by atoms with E-state index in [4.69, 9.17) is 27.9 Å². The van der Waals surface area contributed by atoms with Crippen LogP contribution in [0.15, 0.2) is 36.4 Å². The zero-order valence-electron chi connectivity index (χ0n) is 16.4. The molecular formula is C21H23Cl2N3O3. The highest BCUT2D eigenvalue weighted by molar-refractivity contribution is 6.37. The van der Waals surface area contributed by atoms with Gasteiger partial charge in [0.25, 0.3) is 5.91 Å². The number of benzene rings is 2. The van der Waals surface area contributed by atoms with E-state index < -0.39 is 0 Å². The normalized spacial score (nSPS) is 13.9. The van der Waals surface area contributed by atoms with Crippen LogP contribution in [0.1, 0.15) is 23.7 Å². The first kappa shape index (κ1) is 21.3. The lowest BCUT2D eigenvalue weighted by atomic mass is 10.1. The molecule has 0 saturated carbocycles. The predicted octanol–water partition coefficient (Wildman–Crippen LogP) is 4.31. The summed E-state index contributed by atoms with van der Waals surface area (Å²) < 4.78 is 5.13. The summed E-state index contributed by atoms with van der Waals surface area (Å²) in [6, 6.07) is 10.7. The van der Waals surface area contributed by atoms with Crippen molar-refractivity contribution >= 4 is 46.4 Å². The van der Waals surface area contributed by atoms with Crippen molar-refractivity contribution in [3.8, 4) is 5.75 Å². The molecule has 0 aromatic heterocycles. The van der Waals surface area contributed by atoms with E-state index in [1.807, 2.05) is 36.1 Å². The molecule has 0 aliphatic carbocycles. The quantitative estimate of drug-likeness (QED) is 0.759. The molecule has 0 spiro atoms. The molecule has 154 valence electrons. The number of rotatable bonds is 5. The summed E-state index contributed by atoms with van der Waals surface area (Å²) in [5, 5.41) is 3.49. The second-order valence-corrected chi connectivity index (χ2v) is 7.48. The number of hydrogen-bond donors (Lipinski definition) is 1. The molecule has 1 heterocycles. The number of nitrogens with one attached hydrogen (secondary N) is 1. The van der Waals surface area contributed by atoms with Crippen molar-refractivity contribution in [2.45, 2.75) is 13.3 Å². The van der Waals surface area contributed by atoms with Crippen LogP contribution in [0, 0.1) is 0 Å². The fraction of sp³-hybridized carbons (Fsp3) is 0.333. The summed E-state index contributed by atoms with van der Waals surface area (Å²) in [4.78, 5) is 28.7. The van der Waals surface area contributed by atoms with Crippen molar-refractivity contribution in [1.82, 2.24) is 4.90 Å². The van der Waals surface area contributed by atoms with Gasteiger partial charge in [-0.05, 0) is 24.3 Å². The van der Waals surface area contributed by atoms with Crippen LogP contribution < -0.4 is 15.0 Å². The lowest BCUT2D eigenvalue weighted by Gasteiger charge is -2.36. The standard InChI is InChI=1S/C21H23Cl2N3O3/c1-3-19(27)26-10-8-25(9-11-26)18-7-5-4-6-17(18)24-21(28)14-12-15(22)20(29-2)16(23)13-14/h4-7,12-13H,3,8-11H2,1-2H3,(H,24,28). The summed E-state index contributed by atoms with van der Waals surface area (Å²) >= 11 is 12.3. The Balaban J connectivity index is 1.76. The predicted molar refractivity (Wildman–Crippen MR) is 116 cm³/mol. The minimum atomic E-state index is -0.316. The van der Waals surface area contributed by atoms with E-state index in [2.05, 4.69) is 10.2 Å². The van der Waals surface area contributed by atoms with Gasteiger partial charge in [0.15, 0.2) is 5.75 Å². The molecular weight excluding hydrogens is 413 g/mol. The van der Waals surface area contributed by atoms with Gasteiger partial charge in [0.2, 0.25) is 5.91 Å². The second kappa shape index (κ2) is 9.37. The first-order valence-corrected chi connectivity index (χ1v) is 10.2. The number of nitrogens with zero attached hydrogens (tertiary/aromatic N) is 2. The topological polar surface area (TPSA) is 61.9 Å². The number of halogens is 2. The molecule has 29 heavy (non-hydrogen) atoms. The maximum Gasteiger partial charge on any atom is 0.255 e. The molecule has 1 aliphatic heterocycles. The van der Waals surface area contributed by atoms with Crippen molar-refractivity contribution < 1.29 is 14.3 Å². The molecule has 0 unspecified atom stereocenters. The van der Waals surface area contributed by atoms with Crippen LogP contribution in [0.5, 0.6) is 5.75 Å². The number of amides is 2. The van der Waals surface area contributed by atoms with Gasteiger partial charge in [-0.2, -0.15) is 0 Å². The highest BCUT2D eigenvalue weighted by atomic mass is 35.5. The number of ether oxygens (including phenoxy) is 1.